The summed E-state index contributed by atoms with van der Waals surface area (Å²) in [6, 6.07) is 7.42. The van der Waals surface area contributed by atoms with Gasteiger partial charge >= 0.3 is 5.97 Å². The van der Waals surface area contributed by atoms with E-state index in [-0.39, 0.29) is 5.70 Å². The van der Waals surface area contributed by atoms with Gasteiger partial charge in [0.2, 0.25) is 0 Å². The Kier molecular flexibility index (Phi) is 2.79. The summed E-state index contributed by atoms with van der Waals surface area (Å²) >= 11 is 0. The van der Waals surface area contributed by atoms with Crippen LogP contribution in [0.1, 0.15) is 31.1 Å². The zero-order valence-corrected chi connectivity index (χ0v) is 11.2. The molecule has 5 heteroatoms. The Morgan fingerprint density at radius 1 is 1.35 bits per heavy atom. The van der Waals surface area contributed by atoms with Gasteiger partial charge in [-0.05, 0) is 25.5 Å². The van der Waals surface area contributed by atoms with E-state index in [0.29, 0.717) is 11.5 Å². The minimum absolute atomic E-state index is 0.118. The first-order chi connectivity index (χ1) is 9.50. The number of carbonyl (C=O) groups is 1. The van der Waals surface area contributed by atoms with E-state index < -0.39 is 18.3 Å². The van der Waals surface area contributed by atoms with Crippen LogP contribution < -0.4 is 0 Å². The average molecular weight is 273 g/mol. The lowest BCUT2D eigenvalue weighted by atomic mass is 10.1. The normalized spacial score (nSPS) is 24.6. The van der Waals surface area contributed by atoms with Crippen molar-refractivity contribution in [2.45, 2.75) is 26.2 Å². The summed E-state index contributed by atoms with van der Waals surface area (Å²) in [5.74, 6) is -0.656. The smallest absolute Gasteiger partial charge is 0.356 e. The maximum Gasteiger partial charge on any atom is 0.356 e. The van der Waals surface area contributed by atoms with Crippen LogP contribution in [0, 0.1) is 0 Å². The van der Waals surface area contributed by atoms with E-state index in [4.69, 9.17) is 4.74 Å². The van der Waals surface area contributed by atoms with Gasteiger partial charge in [0.05, 0.1) is 5.70 Å². The summed E-state index contributed by atoms with van der Waals surface area (Å²) in [7, 11) is 0. The number of hydrogen-bond acceptors (Lipinski definition) is 4. The van der Waals surface area contributed by atoms with Gasteiger partial charge in [-0.2, -0.15) is 0 Å². The molecule has 0 spiro atoms. The Morgan fingerprint density at radius 2 is 2.05 bits per heavy atom. The number of benzene rings is 1. The Morgan fingerprint density at radius 3 is 2.75 bits per heavy atom. The molecule has 0 radical (unpaired) electrons. The number of ether oxygens (including phenoxy) is 1. The lowest BCUT2D eigenvalue weighted by molar-refractivity contribution is -0.134. The third kappa shape index (κ3) is 1.71. The number of carboxylic acid groups (broad SMARTS) is 1. The van der Waals surface area contributed by atoms with Gasteiger partial charge in [0.1, 0.15) is 11.9 Å². The van der Waals surface area contributed by atoms with Crippen molar-refractivity contribution in [2.75, 3.05) is 0 Å². The molecule has 0 saturated heterocycles. The highest BCUT2D eigenvalue weighted by Crippen LogP contribution is 2.41. The Hall–Kier alpha value is -2.27. The van der Waals surface area contributed by atoms with E-state index >= 15 is 0 Å². The molecule has 0 saturated carbocycles. The minimum Gasteiger partial charge on any atom is -0.476 e. The molecule has 2 unspecified atom stereocenters. The molecule has 1 aromatic carbocycles. The van der Waals surface area contributed by atoms with Crippen molar-refractivity contribution < 1.29 is 19.7 Å². The van der Waals surface area contributed by atoms with Gasteiger partial charge in [0, 0.05) is 5.56 Å². The third-order valence-corrected chi connectivity index (χ3v) is 3.62. The number of aliphatic hydroxyl groups is 1. The fourth-order valence-electron chi connectivity index (χ4n) is 2.81. The van der Waals surface area contributed by atoms with E-state index in [1.54, 1.807) is 24.8 Å². The van der Waals surface area contributed by atoms with E-state index in [1.807, 2.05) is 24.3 Å². The number of hydrogen-bond donors (Lipinski definition) is 2. The molecule has 104 valence electrons. The second-order valence-electron chi connectivity index (χ2n) is 4.88. The summed E-state index contributed by atoms with van der Waals surface area (Å²) in [6.45, 7) is 3.42. The van der Waals surface area contributed by atoms with Crippen LogP contribution in [0.5, 0.6) is 0 Å². The number of nitrogens with zero attached hydrogens (tertiary/aromatic N) is 1. The van der Waals surface area contributed by atoms with Gasteiger partial charge in [0.15, 0.2) is 11.9 Å². The van der Waals surface area contributed by atoms with Crippen LogP contribution in [0.25, 0.3) is 5.70 Å². The zero-order valence-electron chi connectivity index (χ0n) is 11.2. The minimum atomic E-state index is -1.04. The number of fused-ring (bicyclic) bond motifs is 1. The second-order valence-corrected chi connectivity index (χ2v) is 4.88. The topological polar surface area (TPSA) is 70.0 Å². The number of rotatable bonds is 2. The van der Waals surface area contributed by atoms with Crippen molar-refractivity contribution in [1.82, 2.24) is 4.90 Å². The molecule has 3 rings (SSSR count). The molecular weight excluding hydrogens is 258 g/mol. The van der Waals surface area contributed by atoms with Crippen LogP contribution in [0.15, 0.2) is 41.8 Å². The quantitative estimate of drug-likeness (QED) is 0.863. The lowest BCUT2D eigenvalue weighted by Crippen LogP contribution is -2.29. The molecule has 2 atom stereocenters. The highest BCUT2D eigenvalue weighted by molar-refractivity contribution is 5.90. The molecule has 1 aliphatic heterocycles. The number of allylic oxidation sites excluding steroid dienone is 1. The van der Waals surface area contributed by atoms with Crippen molar-refractivity contribution in [3.05, 3.63) is 52.9 Å². The molecule has 2 N–H and O–H groups in total. The van der Waals surface area contributed by atoms with Gasteiger partial charge in [-0.25, -0.2) is 4.79 Å². The lowest BCUT2D eigenvalue weighted by Gasteiger charge is -2.25. The molecule has 1 aromatic rings. The Balaban J connectivity index is 2.10. The van der Waals surface area contributed by atoms with Crippen molar-refractivity contribution in [2.24, 2.45) is 0 Å². The van der Waals surface area contributed by atoms with E-state index in [1.165, 1.54) is 0 Å². The fraction of sp³-hybridized carbons (Fsp3) is 0.267. The van der Waals surface area contributed by atoms with Crippen LogP contribution in [-0.4, -0.2) is 27.3 Å². The number of aliphatic hydroxyl groups excluding tert-OH is 1. The molecule has 20 heavy (non-hydrogen) atoms. The van der Waals surface area contributed by atoms with Crippen LogP contribution >= 0.6 is 0 Å². The Labute approximate surface area is 116 Å². The van der Waals surface area contributed by atoms with Gasteiger partial charge in [0.25, 0.3) is 0 Å². The van der Waals surface area contributed by atoms with E-state index in [0.717, 1.165) is 11.1 Å². The molecule has 2 aliphatic rings. The van der Waals surface area contributed by atoms with Gasteiger partial charge in [-0.1, -0.05) is 24.3 Å². The summed E-state index contributed by atoms with van der Waals surface area (Å²) in [5, 5.41) is 19.5. The Bertz CT molecular complexity index is 647. The molecule has 0 fully saturated rings. The number of aliphatic carboxylic acids is 1. The molecular formula is C15H15NO4. The largest absolute Gasteiger partial charge is 0.476 e. The van der Waals surface area contributed by atoms with E-state index in [9.17, 15) is 15.0 Å². The standard InChI is InChI=1S/C15H15NO4/c1-8-14(15(18)19)16(9(2)20-8)12-7-13(17)11-6-4-3-5-10(11)12/h3-7,9,13,17H,1-2H3,(H,18,19). The zero-order chi connectivity index (χ0) is 14.4. The van der Waals surface area contributed by atoms with Crippen molar-refractivity contribution >= 4 is 11.7 Å². The van der Waals surface area contributed by atoms with Crippen LogP contribution in [0.4, 0.5) is 0 Å². The molecule has 1 heterocycles. The van der Waals surface area contributed by atoms with Gasteiger partial charge in [-0.3, -0.25) is 4.90 Å². The second kappa shape index (κ2) is 4.38. The predicted octanol–water partition coefficient (Wildman–Crippen LogP) is 2.07. The van der Waals surface area contributed by atoms with Crippen molar-refractivity contribution in [1.29, 1.82) is 0 Å². The number of carboxylic acids is 1. The van der Waals surface area contributed by atoms with Gasteiger partial charge in [-0.15, -0.1) is 0 Å². The molecule has 1 aliphatic carbocycles. The van der Waals surface area contributed by atoms with Gasteiger partial charge < -0.3 is 14.9 Å². The summed E-state index contributed by atoms with van der Waals surface area (Å²) in [4.78, 5) is 13.1. The summed E-state index contributed by atoms with van der Waals surface area (Å²) in [5.41, 5.74) is 2.41. The first kappa shape index (κ1) is 12.7. The summed E-state index contributed by atoms with van der Waals surface area (Å²) < 4.78 is 5.51. The highest BCUT2D eigenvalue weighted by Gasteiger charge is 2.38. The molecule has 0 bridgehead atoms. The monoisotopic (exact) mass is 273 g/mol. The van der Waals surface area contributed by atoms with E-state index in [2.05, 4.69) is 0 Å². The van der Waals surface area contributed by atoms with Crippen LogP contribution in [-0.2, 0) is 9.53 Å². The first-order valence-electron chi connectivity index (χ1n) is 6.40. The van der Waals surface area contributed by atoms with Crippen LogP contribution in [0.2, 0.25) is 0 Å². The SMILES string of the molecule is CC1=C(C(=O)O)N(C2=CC(O)c3ccccc32)C(C)O1. The third-order valence-electron chi connectivity index (χ3n) is 3.62. The molecule has 0 aromatic heterocycles. The maximum atomic E-state index is 11.4. The van der Waals surface area contributed by atoms with Crippen molar-refractivity contribution in [3.63, 3.8) is 0 Å². The van der Waals surface area contributed by atoms with Crippen LogP contribution in [0.3, 0.4) is 0 Å². The van der Waals surface area contributed by atoms with Crippen molar-refractivity contribution in [3.8, 4) is 0 Å². The fourth-order valence-corrected chi connectivity index (χ4v) is 2.81. The molecule has 5 nitrogen and oxygen atoms in total. The maximum absolute atomic E-state index is 11.4. The molecule has 0 amide bonds. The summed E-state index contributed by atoms with van der Waals surface area (Å²) in [6.07, 6.45) is 0.529. The predicted molar refractivity (Wildman–Crippen MR) is 72.1 cm³/mol. The average Bonchev–Trinajstić information content (AvgIpc) is 2.87. The highest BCUT2D eigenvalue weighted by atomic mass is 16.5. The first-order valence-corrected chi connectivity index (χ1v) is 6.40.